The first-order valence-electron chi connectivity index (χ1n) is 6.05. The Hall–Kier alpha value is -1.14. The van der Waals surface area contributed by atoms with E-state index in [1.54, 1.807) is 0 Å². The van der Waals surface area contributed by atoms with Gasteiger partial charge in [0.2, 0.25) is 0 Å². The molecule has 0 fully saturated rings. The summed E-state index contributed by atoms with van der Waals surface area (Å²) < 4.78 is 5.47. The molecule has 102 valence electrons. The second kappa shape index (κ2) is 8.05. The standard InChI is InChI=1S/C13H22N2O3/c1-15(6-7-16)9-12(17)10-18-13-4-2-11(8-14)3-5-13/h2-5,12,16-17H,6-10,14H2,1H3. The lowest BCUT2D eigenvalue weighted by molar-refractivity contribution is 0.0711. The molecule has 0 saturated heterocycles. The minimum absolute atomic E-state index is 0.0879. The van der Waals surface area contributed by atoms with Crippen LogP contribution in [-0.2, 0) is 6.54 Å². The van der Waals surface area contributed by atoms with Crippen LogP contribution in [0, 0.1) is 0 Å². The van der Waals surface area contributed by atoms with E-state index in [9.17, 15) is 5.11 Å². The van der Waals surface area contributed by atoms with Crippen molar-refractivity contribution in [3.63, 3.8) is 0 Å². The van der Waals surface area contributed by atoms with Crippen LogP contribution in [0.5, 0.6) is 5.75 Å². The summed E-state index contributed by atoms with van der Waals surface area (Å²) in [5, 5.41) is 18.5. The fourth-order valence-electron chi connectivity index (χ4n) is 1.59. The molecule has 18 heavy (non-hydrogen) atoms. The van der Waals surface area contributed by atoms with Gasteiger partial charge in [-0.2, -0.15) is 0 Å². The molecule has 1 unspecified atom stereocenters. The molecular formula is C13H22N2O3. The number of rotatable bonds is 8. The average Bonchev–Trinajstić information content (AvgIpc) is 2.37. The molecule has 0 saturated carbocycles. The van der Waals surface area contributed by atoms with E-state index in [0.717, 1.165) is 11.3 Å². The summed E-state index contributed by atoms with van der Waals surface area (Å²) >= 11 is 0. The highest BCUT2D eigenvalue weighted by molar-refractivity contribution is 5.27. The SMILES string of the molecule is CN(CCO)CC(O)COc1ccc(CN)cc1. The fourth-order valence-corrected chi connectivity index (χ4v) is 1.59. The fraction of sp³-hybridized carbons (Fsp3) is 0.538. The first kappa shape index (κ1) is 14.9. The van der Waals surface area contributed by atoms with Gasteiger partial charge in [-0.15, -0.1) is 0 Å². The van der Waals surface area contributed by atoms with E-state index in [0.29, 0.717) is 19.6 Å². The molecule has 0 aliphatic rings. The monoisotopic (exact) mass is 254 g/mol. The zero-order valence-electron chi connectivity index (χ0n) is 10.7. The van der Waals surface area contributed by atoms with Crippen LogP contribution in [-0.4, -0.2) is 54.6 Å². The maximum atomic E-state index is 9.74. The Balaban J connectivity index is 2.30. The van der Waals surface area contributed by atoms with Crippen LogP contribution in [0.15, 0.2) is 24.3 Å². The molecule has 0 aliphatic carbocycles. The van der Waals surface area contributed by atoms with Crippen LogP contribution in [0.1, 0.15) is 5.56 Å². The summed E-state index contributed by atoms with van der Waals surface area (Å²) in [4.78, 5) is 1.85. The van der Waals surface area contributed by atoms with Gasteiger partial charge in [-0.1, -0.05) is 12.1 Å². The van der Waals surface area contributed by atoms with E-state index >= 15 is 0 Å². The van der Waals surface area contributed by atoms with Gasteiger partial charge in [-0.05, 0) is 24.7 Å². The number of nitrogens with zero attached hydrogens (tertiary/aromatic N) is 1. The molecule has 5 nitrogen and oxygen atoms in total. The van der Waals surface area contributed by atoms with E-state index in [1.807, 2.05) is 36.2 Å². The van der Waals surface area contributed by atoms with Gasteiger partial charge in [0.05, 0.1) is 6.61 Å². The van der Waals surface area contributed by atoms with Gasteiger partial charge in [0, 0.05) is 19.6 Å². The second-order valence-corrected chi connectivity index (χ2v) is 4.30. The Morgan fingerprint density at radius 3 is 2.56 bits per heavy atom. The number of ether oxygens (including phenoxy) is 1. The van der Waals surface area contributed by atoms with Crippen LogP contribution >= 0.6 is 0 Å². The molecule has 0 aromatic heterocycles. The van der Waals surface area contributed by atoms with Crippen LogP contribution in [0.3, 0.4) is 0 Å². The summed E-state index contributed by atoms with van der Waals surface area (Å²) in [6.07, 6.45) is -0.573. The normalized spacial score (nSPS) is 12.7. The zero-order chi connectivity index (χ0) is 13.4. The lowest BCUT2D eigenvalue weighted by Crippen LogP contribution is -2.34. The van der Waals surface area contributed by atoms with Crippen molar-refractivity contribution in [2.75, 3.05) is 33.4 Å². The predicted molar refractivity (Wildman–Crippen MR) is 70.4 cm³/mol. The Morgan fingerprint density at radius 2 is 2.00 bits per heavy atom. The van der Waals surface area contributed by atoms with Crippen molar-refractivity contribution in [3.8, 4) is 5.75 Å². The number of likely N-dealkylation sites (N-methyl/N-ethyl adjacent to an activating group) is 1. The van der Waals surface area contributed by atoms with Gasteiger partial charge in [0.15, 0.2) is 0 Å². The van der Waals surface area contributed by atoms with Crippen LogP contribution < -0.4 is 10.5 Å². The Kier molecular flexibility index (Phi) is 6.67. The highest BCUT2D eigenvalue weighted by Gasteiger charge is 2.08. The van der Waals surface area contributed by atoms with Gasteiger partial charge >= 0.3 is 0 Å². The predicted octanol–water partition coefficient (Wildman–Crippen LogP) is -0.191. The zero-order valence-corrected chi connectivity index (χ0v) is 10.7. The maximum absolute atomic E-state index is 9.74. The molecule has 0 heterocycles. The molecule has 0 radical (unpaired) electrons. The van der Waals surface area contributed by atoms with E-state index < -0.39 is 6.10 Å². The van der Waals surface area contributed by atoms with Gasteiger partial charge in [0.25, 0.3) is 0 Å². The second-order valence-electron chi connectivity index (χ2n) is 4.30. The van der Waals surface area contributed by atoms with Crippen molar-refractivity contribution in [2.24, 2.45) is 5.73 Å². The van der Waals surface area contributed by atoms with Crippen molar-refractivity contribution in [1.82, 2.24) is 4.90 Å². The van der Waals surface area contributed by atoms with Crippen molar-refractivity contribution in [2.45, 2.75) is 12.6 Å². The number of hydrogen-bond acceptors (Lipinski definition) is 5. The first-order chi connectivity index (χ1) is 8.65. The third-order valence-corrected chi connectivity index (χ3v) is 2.61. The number of hydrogen-bond donors (Lipinski definition) is 3. The minimum atomic E-state index is -0.573. The molecule has 0 spiro atoms. The van der Waals surface area contributed by atoms with Crippen molar-refractivity contribution >= 4 is 0 Å². The molecule has 1 atom stereocenters. The van der Waals surface area contributed by atoms with Crippen LogP contribution in [0.25, 0.3) is 0 Å². The molecule has 1 aromatic carbocycles. The molecule has 0 bridgehead atoms. The quantitative estimate of drug-likeness (QED) is 0.599. The van der Waals surface area contributed by atoms with Gasteiger partial charge < -0.3 is 25.6 Å². The topological polar surface area (TPSA) is 79.0 Å². The summed E-state index contributed by atoms with van der Waals surface area (Å²) in [6, 6.07) is 7.48. The number of nitrogens with two attached hydrogens (primary N) is 1. The molecule has 4 N–H and O–H groups in total. The van der Waals surface area contributed by atoms with E-state index in [2.05, 4.69) is 0 Å². The van der Waals surface area contributed by atoms with E-state index in [4.69, 9.17) is 15.6 Å². The molecule has 1 aromatic rings. The van der Waals surface area contributed by atoms with E-state index in [-0.39, 0.29) is 13.2 Å². The number of aliphatic hydroxyl groups excluding tert-OH is 2. The summed E-state index contributed by atoms with van der Waals surface area (Å²) in [6.45, 7) is 1.85. The highest BCUT2D eigenvalue weighted by Crippen LogP contribution is 2.12. The first-order valence-corrected chi connectivity index (χ1v) is 6.05. The lowest BCUT2D eigenvalue weighted by atomic mass is 10.2. The highest BCUT2D eigenvalue weighted by atomic mass is 16.5. The largest absolute Gasteiger partial charge is 0.491 e. The number of aliphatic hydroxyl groups is 2. The van der Waals surface area contributed by atoms with Gasteiger partial charge in [-0.3, -0.25) is 0 Å². The smallest absolute Gasteiger partial charge is 0.119 e. The summed E-state index contributed by atoms with van der Waals surface area (Å²) in [5.74, 6) is 0.719. The average molecular weight is 254 g/mol. The number of benzene rings is 1. The van der Waals surface area contributed by atoms with Crippen molar-refractivity contribution in [1.29, 1.82) is 0 Å². The van der Waals surface area contributed by atoms with Gasteiger partial charge in [-0.25, -0.2) is 0 Å². The molecule has 1 rings (SSSR count). The Labute approximate surface area is 108 Å². The third-order valence-electron chi connectivity index (χ3n) is 2.61. The van der Waals surface area contributed by atoms with Crippen LogP contribution in [0.4, 0.5) is 0 Å². The lowest BCUT2D eigenvalue weighted by Gasteiger charge is -2.19. The van der Waals surface area contributed by atoms with Crippen molar-refractivity contribution in [3.05, 3.63) is 29.8 Å². The van der Waals surface area contributed by atoms with Crippen LogP contribution in [0.2, 0.25) is 0 Å². The molecule has 0 amide bonds. The van der Waals surface area contributed by atoms with Gasteiger partial charge in [0.1, 0.15) is 18.5 Å². The van der Waals surface area contributed by atoms with E-state index in [1.165, 1.54) is 0 Å². The molecule has 5 heteroatoms. The minimum Gasteiger partial charge on any atom is -0.491 e. The molecular weight excluding hydrogens is 232 g/mol. The molecule has 0 aliphatic heterocycles. The maximum Gasteiger partial charge on any atom is 0.119 e. The Bertz CT molecular complexity index is 330. The summed E-state index contributed by atoms with van der Waals surface area (Å²) in [5.41, 5.74) is 6.55. The Morgan fingerprint density at radius 1 is 1.33 bits per heavy atom. The third kappa shape index (κ3) is 5.46. The van der Waals surface area contributed by atoms with Crippen molar-refractivity contribution < 1.29 is 14.9 Å². The summed E-state index contributed by atoms with van der Waals surface area (Å²) in [7, 11) is 1.84.